The second-order valence-corrected chi connectivity index (χ2v) is 2.76. The number of carbonyl (C=O) groups excluding carboxylic acids is 1. The summed E-state index contributed by atoms with van der Waals surface area (Å²) in [7, 11) is 1.93. The summed E-state index contributed by atoms with van der Waals surface area (Å²) in [4.78, 5) is 10.9. The van der Waals surface area contributed by atoms with E-state index in [1.54, 1.807) is 0 Å². The molecule has 0 aromatic rings. The van der Waals surface area contributed by atoms with Crippen LogP contribution in [0, 0.1) is 0 Å². The zero-order valence-electron chi connectivity index (χ0n) is 8.56. The van der Waals surface area contributed by atoms with Crippen LogP contribution in [-0.2, 0) is 9.53 Å². The van der Waals surface area contributed by atoms with Crippen molar-refractivity contribution in [2.45, 2.75) is 19.8 Å². The SMILES string of the molecule is CCOC(=O)CCNCCCNC. The van der Waals surface area contributed by atoms with E-state index in [1.165, 1.54) is 0 Å². The molecular formula is C9H20N2O2. The Labute approximate surface area is 80.0 Å². The van der Waals surface area contributed by atoms with E-state index in [9.17, 15) is 4.79 Å². The Morgan fingerprint density at radius 2 is 2.08 bits per heavy atom. The van der Waals surface area contributed by atoms with E-state index in [1.807, 2.05) is 14.0 Å². The van der Waals surface area contributed by atoms with Crippen LogP contribution in [0.4, 0.5) is 0 Å². The third kappa shape index (κ3) is 9.30. The van der Waals surface area contributed by atoms with Crippen molar-refractivity contribution in [1.29, 1.82) is 0 Å². The zero-order chi connectivity index (χ0) is 9.94. The fourth-order valence-electron chi connectivity index (χ4n) is 0.939. The van der Waals surface area contributed by atoms with E-state index in [0.717, 1.165) is 19.5 Å². The molecule has 0 saturated carbocycles. The number of rotatable bonds is 8. The molecule has 0 aliphatic rings. The second-order valence-electron chi connectivity index (χ2n) is 2.76. The predicted octanol–water partition coefficient (Wildman–Crippen LogP) is 0.139. The van der Waals surface area contributed by atoms with Crippen LogP contribution in [0.25, 0.3) is 0 Å². The predicted molar refractivity (Wildman–Crippen MR) is 52.7 cm³/mol. The second kappa shape index (κ2) is 9.48. The van der Waals surface area contributed by atoms with Crippen molar-refractivity contribution in [3.05, 3.63) is 0 Å². The first kappa shape index (κ1) is 12.4. The molecule has 0 bridgehead atoms. The number of hydrogen-bond donors (Lipinski definition) is 2. The lowest BCUT2D eigenvalue weighted by Crippen LogP contribution is -2.23. The lowest BCUT2D eigenvalue weighted by Gasteiger charge is -2.03. The molecule has 0 rings (SSSR count). The molecule has 0 aromatic carbocycles. The van der Waals surface area contributed by atoms with Gasteiger partial charge in [-0.1, -0.05) is 0 Å². The molecule has 0 heterocycles. The molecule has 0 spiro atoms. The molecular weight excluding hydrogens is 168 g/mol. The maximum atomic E-state index is 10.9. The summed E-state index contributed by atoms with van der Waals surface area (Å²) in [6, 6.07) is 0. The quantitative estimate of drug-likeness (QED) is 0.420. The van der Waals surface area contributed by atoms with Crippen LogP contribution in [0.2, 0.25) is 0 Å². The first-order valence-corrected chi connectivity index (χ1v) is 4.82. The smallest absolute Gasteiger partial charge is 0.307 e. The minimum absolute atomic E-state index is 0.122. The van der Waals surface area contributed by atoms with Crippen molar-refractivity contribution < 1.29 is 9.53 Å². The van der Waals surface area contributed by atoms with Gasteiger partial charge in [-0.15, -0.1) is 0 Å². The summed E-state index contributed by atoms with van der Waals surface area (Å²) in [5.74, 6) is -0.122. The lowest BCUT2D eigenvalue weighted by molar-refractivity contribution is -0.142. The molecule has 2 N–H and O–H groups in total. The van der Waals surface area contributed by atoms with Gasteiger partial charge in [0.15, 0.2) is 0 Å². The van der Waals surface area contributed by atoms with Gasteiger partial charge >= 0.3 is 5.97 Å². The highest BCUT2D eigenvalue weighted by molar-refractivity contribution is 5.69. The lowest BCUT2D eigenvalue weighted by atomic mass is 10.4. The number of esters is 1. The summed E-state index contributed by atoms with van der Waals surface area (Å²) in [5.41, 5.74) is 0. The highest BCUT2D eigenvalue weighted by Gasteiger charge is 1.99. The summed E-state index contributed by atoms with van der Waals surface area (Å²) >= 11 is 0. The van der Waals surface area contributed by atoms with Crippen molar-refractivity contribution >= 4 is 5.97 Å². The first-order valence-electron chi connectivity index (χ1n) is 4.82. The van der Waals surface area contributed by atoms with E-state index in [-0.39, 0.29) is 5.97 Å². The summed E-state index contributed by atoms with van der Waals surface area (Å²) < 4.78 is 4.78. The standard InChI is InChI=1S/C9H20N2O2/c1-3-13-9(12)5-8-11-7-4-6-10-2/h10-11H,3-8H2,1-2H3. The number of nitrogens with one attached hydrogen (secondary N) is 2. The Morgan fingerprint density at radius 3 is 2.69 bits per heavy atom. The fraction of sp³-hybridized carbons (Fsp3) is 0.889. The van der Waals surface area contributed by atoms with Crippen molar-refractivity contribution in [2.24, 2.45) is 0 Å². The van der Waals surface area contributed by atoms with Crippen LogP contribution < -0.4 is 10.6 Å². The average Bonchev–Trinajstić information content (AvgIpc) is 2.11. The molecule has 0 unspecified atom stereocenters. The van der Waals surface area contributed by atoms with Gasteiger partial charge in [0.1, 0.15) is 0 Å². The summed E-state index contributed by atoms with van der Waals surface area (Å²) in [5, 5.41) is 6.22. The molecule has 0 radical (unpaired) electrons. The highest BCUT2D eigenvalue weighted by atomic mass is 16.5. The van der Waals surface area contributed by atoms with Gasteiger partial charge in [0.05, 0.1) is 13.0 Å². The van der Waals surface area contributed by atoms with Crippen LogP contribution >= 0.6 is 0 Å². The highest BCUT2D eigenvalue weighted by Crippen LogP contribution is 1.84. The third-order valence-electron chi connectivity index (χ3n) is 1.59. The summed E-state index contributed by atoms with van der Waals surface area (Å²) in [6.45, 7) is 4.95. The fourth-order valence-corrected chi connectivity index (χ4v) is 0.939. The van der Waals surface area contributed by atoms with Gasteiger partial charge in [0.2, 0.25) is 0 Å². The van der Waals surface area contributed by atoms with Crippen LogP contribution in [-0.4, -0.2) is 39.3 Å². The third-order valence-corrected chi connectivity index (χ3v) is 1.59. The summed E-state index contributed by atoms with van der Waals surface area (Å²) in [6.07, 6.45) is 1.55. The van der Waals surface area contributed by atoms with Gasteiger partial charge in [0.25, 0.3) is 0 Å². The van der Waals surface area contributed by atoms with E-state index >= 15 is 0 Å². The minimum atomic E-state index is -0.122. The molecule has 0 aliphatic carbocycles. The van der Waals surface area contributed by atoms with Gasteiger partial charge in [-0.2, -0.15) is 0 Å². The number of hydrogen-bond acceptors (Lipinski definition) is 4. The normalized spacial score (nSPS) is 10.0. The van der Waals surface area contributed by atoms with Crippen molar-refractivity contribution in [1.82, 2.24) is 10.6 Å². The monoisotopic (exact) mass is 188 g/mol. The minimum Gasteiger partial charge on any atom is -0.466 e. The van der Waals surface area contributed by atoms with Gasteiger partial charge < -0.3 is 15.4 Å². The molecule has 4 heteroatoms. The maximum absolute atomic E-state index is 10.9. The van der Waals surface area contributed by atoms with E-state index < -0.39 is 0 Å². The Bertz CT molecular complexity index is 129. The van der Waals surface area contributed by atoms with Crippen molar-refractivity contribution in [2.75, 3.05) is 33.3 Å². The van der Waals surface area contributed by atoms with Crippen LogP contribution in [0.3, 0.4) is 0 Å². The number of carbonyl (C=O) groups is 1. The van der Waals surface area contributed by atoms with E-state index in [4.69, 9.17) is 4.74 Å². The molecule has 0 aromatic heterocycles. The molecule has 0 saturated heterocycles. The van der Waals surface area contributed by atoms with Crippen LogP contribution in [0.1, 0.15) is 19.8 Å². The van der Waals surface area contributed by atoms with Crippen molar-refractivity contribution in [3.8, 4) is 0 Å². The van der Waals surface area contributed by atoms with Gasteiger partial charge in [-0.3, -0.25) is 4.79 Å². The molecule has 78 valence electrons. The molecule has 13 heavy (non-hydrogen) atoms. The average molecular weight is 188 g/mol. The zero-order valence-corrected chi connectivity index (χ0v) is 8.56. The van der Waals surface area contributed by atoms with Gasteiger partial charge in [0, 0.05) is 6.54 Å². The maximum Gasteiger partial charge on any atom is 0.307 e. The number of ether oxygens (including phenoxy) is 1. The van der Waals surface area contributed by atoms with Crippen molar-refractivity contribution in [3.63, 3.8) is 0 Å². The van der Waals surface area contributed by atoms with Crippen LogP contribution in [0.5, 0.6) is 0 Å². The topological polar surface area (TPSA) is 50.4 Å². The Balaban J connectivity index is 3.02. The van der Waals surface area contributed by atoms with Crippen LogP contribution in [0.15, 0.2) is 0 Å². The Morgan fingerprint density at radius 1 is 1.31 bits per heavy atom. The Hall–Kier alpha value is -0.610. The first-order chi connectivity index (χ1) is 6.31. The largest absolute Gasteiger partial charge is 0.466 e. The van der Waals surface area contributed by atoms with Gasteiger partial charge in [-0.25, -0.2) is 0 Å². The molecule has 0 amide bonds. The van der Waals surface area contributed by atoms with Gasteiger partial charge in [-0.05, 0) is 33.5 Å². The molecule has 0 atom stereocenters. The molecule has 0 fully saturated rings. The van der Waals surface area contributed by atoms with E-state index in [2.05, 4.69) is 10.6 Å². The molecule has 0 aliphatic heterocycles. The van der Waals surface area contributed by atoms with E-state index in [0.29, 0.717) is 19.6 Å². The Kier molecular flexibility index (Phi) is 9.03. The molecule has 4 nitrogen and oxygen atoms in total.